The fourth-order valence-electron chi connectivity index (χ4n) is 1.83. The van der Waals surface area contributed by atoms with E-state index < -0.39 is 0 Å². The summed E-state index contributed by atoms with van der Waals surface area (Å²) in [5.41, 5.74) is 3.17. The molecule has 0 aliphatic rings. The molecule has 90 valence electrons. The van der Waals surface area contributed by atoms with E-state index in [4.69, 9.17) is 0 Å². The van der Waals surface area contributed by atoms with E-state index in [1.807, 2.05) is 0 Å². The third kappa shape index (κ3) is 4.51. The first-order valence-electron chi connectivity index (χ1n) is 6.15. The van der Waals surface area contributed by atoms with E-state index in [-0.39, 0.29) is 0 Å². The predicted molar refractivity (Wildman–Crippen MR) is 89.1 cm³/mol. The van der Waals surface area contributed by atoms with Crippen molar-refractivity contribution in [3.05, 3.63) is 30.4 Å². The van der Waals surface area contributed by atoms with Crippen LogP contribution in [0.3, 0.4) is 0 Å². The second kappa shape index (κ2) is 7.90. The van der Waals surface area contributed by atoms with Gasteiger partial charge in [-0.1, -0.05) is 26.7 Å². The van der Waals surface area contributed by atoms with E-state index in [0.29, 0.717) is 0 Å². The van der Waals surface area contributed by atoms with Crippen molar-refractivity contribution in [1.29, 1.82) is 0 Å². The van der Waals surface area contributed by atoms with E-state index in [0.717, 1.165) is 0 Å². The molecule has 0 aliphatic carbocycles. The third-order valence-corrected chi connectivity index (χ3v) is 5.66. The minimum absolute atomic E-state index is 1.25. The summed E-state index contributed by atoms with van der Waals surface area (Å²) >= 11 is 4.90. The maximum atomic E-state index is 2.45. The first-order valence-corrected chi connectivity index (χ1v) is 8.31. The second-order valence-electron chi connectivity index (χ2n) is 4.24. The van der Waals surface area contributed by atoms with Gasteiger partial charge in [0.1, 0.15) is 0 Å². The molecule has 2 heteroatoms. The average molecular weight is 442 g/mol. The minimum Gasteiger partial charge on any atom is -0.0654 e. The molecular formula is C14H20I2. The van der Waals surface area contributed by atoms with Crippen molar-refractivity contribution in [3.8, 4) is 0 Å². The number of aryl methyl sites for hydroxylation is 2. The fraction of sp³-hybridized carbons (Fsp3) is 0.571. The third-order valence-electron chi connectivity index (χ3n) is 2.84. The highest BCUT2D eigenvalue weighted by molar-refractivity contribution is 14.1. The van der Waals surface area contributed by atoms with Crippen molar-refractivity contribution in [2.75, 3.05) is 0 Å². The summed E-state index contributed by atoms with van der Waals surface area (Å²) in [6.07, 6.45) is 7.71. The molecule has 0 bridgehead atoms. The summed E-state index contributed by atoms with van der Waals surface area (Å²) in [4.78, 5) is 0. The molecule has 0 radical (unpaired) electrons. The van der Waals surface area contributed by atoms with Gasteiger partial charge in [-0.2, -0.15) is 0 Å². The molecule has 0 N–H and O–H groups in total. The van der Waals surface area contributed by atoms with Crippen LogP contribution in [-0.2, 0) is 12.8 Å². The molecule has 0 nitrogen and oxygen atoms in total. The molecule has 0 aliphatic heterocycles. The monoisotopic (exact) mass is 442 g/mol. The largest absolute Gasteiger partial charge is 0.0654 e. The molecule has 0 saturated carbocycles. The molecule has 16 heavy (non-hydrogen) atoms. The highest BCUT2D eigenvalue weighted by Gasteiger charge is 2.06. The topological polar surface area (TPSA) is 0 Å². The lowest BCUT2D eigenvalue weighted by Gasteiger charge is -2.11. The Kier molecular flexibility index (Phi) is 7.28. The minimum atomic E-state index is 1.25. The van der Waals surface area contributed by atoms with Crippen LogP contribution >= 0.6 is 45.2 Å². The Morgan fingerprint density at radius 1 is 0.812 bits per heavy atom. The number of hydrogen-bond acceptors (Lipinski definition) is 0. The molecule has 0 fully saturated rings. The van der Waals surface area contributed by atoms with Gasteiger partial charge in [0, 0.05) is 7.14 Å². The van der Waals surface area contributed by atoms with Crippen LogP contribution < -0.4 is 0 Å². The van der Waals surface area contributed by atoms with Gasteiger partial charge in [-0.15, -0.1) is 0 Å². The number of hydrogen-bond donors (Lipinski definition) is 0. The zero-order chi connectivity index (χ0) is 12.0. The van der Waals surface area contributed by atoms with Crippen LogP contribution in [0, 0.1) is 7.14 Å². The Labute approximate surface area is 127 Å². The standard InChI is InChI=1S/C14H20I2/c1-3-5-7-11-9-13(15)14(16)10-12(11)8-6-4-2/h9-10H,3-8H2,1-2H3. The van der Waals surface area contributed by atoms with Gasteiger partial charge < -0.3 is 0 Å². The van der Waals surface area contributed by atoms with E-state index in [9.17, 15) is 0 Å². The molecule has 1 rings (SSSR count). The lowest BCUT2D eigenvalue weighted by Crippen LogP contribution is -1.98. The molecule has 0 spiro atoms. The Morgan fingerprint density at radius 3 is 1.50 bits per heavy atom. The SMILES string of the molecule is CCCCc1cc(I)c(I)cc1CCCC. The summed E-state index contributed by atoms with van der Waals surface area (Å²) < 4.78 is 2.81. The van der Waals surface area contributed by atoms with Gasteiger partial charge in [-0.3, -0.25) is 0 Å². The fourth-order valence-corrected chi connectivity index (χ4v) is 2.89. The normalized spacial score (nSPS) is 10.8. The lowest BCUT2D eigenvalue weighted by atomic mass is 9.98. The Bertz CT molecular complexity index is 299. The molecule has 1 aromatic carbocycles. The summed E-state index contributed by atoms with van der Waals surface area (Å²) in [7, 11) is 0. The summed E-state index contributed by atoms with van der Waals surface area (Å²) in [6, 6.07) is 4.78. The first kappa shape index (κ1) is 14.7. The molecular weight excluding hydrogens is 422 g/mol. The highest BCUT2D eigenvalue weighted by Crippen LogP contribution is 2.23. The molecule has 0 atom stereocenters. The van der Waals surface area contributed by atoms with Gasteiger partial charge in [-0.25, -0.2) is 0 Å². The first-order chi connectivity index (χ1) is 7.69. The maximum absolute atomic E-state index is 2.45. The van der Waals surface area contributed by atoms with Crippen molar-refractivity contribution in [3.63, 3.8) is 0 Å². The van der Waals surface area contributed by atoms with Crippen LogP contribution in [0.1, 0.15) is 50.7 Å². The quantitative estimate of drug-likeness (QED) is 0.505. The number of unbranched alkanes of at least 4 members (excludes halogenated alkanes) is 2. The molecule has 0 saturated heterocycles. The molecule has 1 aromatic rings. The maximum Gasteiger partial charge on any atom is 0.0266 e. The van der Waals surface area contributed by atoms with Gasteiger partial charge in [0.2, 0.25) is 0 Å². The molecule has 0 unspecified atom stereocenters. The summed E-state index contributed by atoms with van der Waals surface area (Å²) in [6.45, 7) is 4.53. The van der Waals surface area contributed by atoms with Crippen LogP contribution in [-0.4, -0.2) is 0 Å². The molecule has 0 aromatic heterocycles. The summed E-state index contributed by atoms with van der Waals surface area (Å²) in [5.74, 6) is 0. The van der Waals surface area contributed by atoms with Crippen LogP contribution in [0.5, 0.6) is 0 Å². The van der Waals surface area contributed by atoms with Gasteiger partial charge in [0.05, 0.1) is 0 Å². The van der Waals surface area contributed by atoms with Crippen molar-refractivity contribution in [2.45, 2.75) is 52.4 Å². The second-order valence-corrected chi connectivity index (χ2v) is 6.57. The van der Waals surface area contributed by atoms with E-state index >= 15 is 0 Å². The van der Waals surface area contributed by atoms with Gasteiger partial charge in [0.15, 0.2) is 0 Å². The Hall–Kier alpha value is 0.680. The van der Waals surface area contributed by atoms with Crippen LogP contribution in [0.25, 0.3) is 0 Å². The average Bonchev–Trinajstić information content (AvgIpc) is 2.28. The van der Waals surface area contributed by atoms with Crippen molar-refractivity contribution in [2.24, 2.45) is 0 Å². The predicted octanol–water partition coefficient (Wildman–Crippen LogP) is 5.58. The lowest BCUT2D eigenvalue weighted by molar-refractivity contribution is 0.757. The Morgan fingerprint density at radius 2 is 1.19 bits per heavy atom. The molecule has 0 heterocycles. The molecule has 0 amide bonds. The number of rotatable bonds is 6. The van der Waals surface area contributed by atoms with Crippen molar-refractivity contribution >= 4 is 45.2 Å². The van der Waals surface area contributed by atoms with Crippen molar-refractivity contribution < 1.29 is 0 Å². The van der Waals surface area contributed by atoms with E-state index in [2.05, 4.69) is 71.2 Å². The smallest absolute Gasteiger partial charge is 0.0266 e. The Balaban J connectivity index is 2.87. The van der Waals surface area contributed by atoms with Gasteiger partial charge >= 0.3 is 0 Å². The van der Waals surface area contributed by atoms with Crippen molar-refractivity contribution in [1.82, 2.24) is 0 Å². The van der Waals surface area contributed by atoms with Gasteiger partial charge in [-0.05, 0) is 94.1 Å². The van der Waals surface area contributed by atoms with E-state index in [1.54, 1.807) is 11.1 Å². The van der Waals surface area contributed by atoms with Crippen LogP contribution in [0.4, 0.5) is 0 Å². The summed E-state index contributed by atoms with van der Waals surface area (Å²) in [5, 5.41) is 0. The number of halogens is 2. The zero-order valence-electron chi connectivity index (χ0n) is 10.2. The van der Waals surface area contributed by atoms with E-state index in [1.165, 1.54) is 45.7 Å². The van der Waals surface area contributed by atoms with Crippen LogP contribution in [0.2, 0.25) is 0 Å². The number of benzene rings is 1. The highest BCUT2D eigenvalue weighted by atomic mass is 127. The zero-order valence-corrected chi connectivity index (χ0v) is 14.5. The van der Waals surface area contributed by atoms with Crippen LogP contribution in [0.15, 0.2) is 12.1 Å². The van der Waals surface area contributed by atoms with Gasteiger partial charge in [0.25, 0.3) is 0 Å².